The van der Waals surface area contributed by atoms with E-state index in [9.17, 15) is 4.79 Å². The van der Waals surface area contributed by atoms with Crippen molar-refractivity contribution in [3.05, 3.63) is 0 Å². The molecule has 98 valence electrons. The van der Waals surface area contributed by atoms with Gasteiger partial charge in [-0.2, -0.15) is 0 Å². The van der Waals surface area contributed by atoms with Crippen molar-refractivity contribution in [2.45, 2.75) is 38.2 Å². The van der Waals surface area contributed by atoms with Crippen LogP contribution in [0.15, 0.2) is 0 Å². The molecule has 1 spiro atoms. The van der Waals surface area contributed by atoms with Crippen molar-refractivity contribution in [2.75, 3.05) is 33.4 Å². The van der Waals surface area contributed by atoms with Crippen molar-refractivity contribution in [3.8, 4) is 0 Å². The van der Waals surface area contributed by atoms with Gasteiger partial charge < -0.3 is 14.4 Å². The summed E-state index contributed by atoms with van der Waals surface area (Å²) in [7, 11) is 1.75. The number of hydrogen-bond acceptors (Lipinski definition) is 3. The topological polar surface area (TPSA) is 38.8 Å². The van der Waals surface area contributed by atoms with Gasteiger partial charge in [0.05, 0.1) is 12.2 Å². The Morgan fingerprint density at radius 1 is 1.47 bits per heavy atom. The quantitative estimate of drug-likeness (QED) is 0.750. The molecule has 0 unspecified atom stereocenters. The number of nitrogens with zero attached hydrogens (tertiary/aromatic N) is 1. The Hall–Kier alpha value is -0.610. The highest BCUT2D eigenvalue weighted by Gasteiger charge is 2.42. The van der Waals surface area contributed by atoms with E-state index < -0.39 is 0 Å². The Morgan fingerprint density at radius 3 is 2.76 bits per heavy atom. The molecular weight excluding hydrogens is 218 g/mol. The number of piperidine rings is 1. The second-order valence-electron chi connectivity index (χ2n) is 5.35. The predicted molar refractivity (Wildman–Crippen MR) is 64.8 cm³/mol. The monoisotopic (exact) mass is 241 g/mol. The third-order valence-electron chi connectivity index (χ3n) is 4.14. The van der Waals surface area contributed by atoms with Crippen molar-refractivity contribution in [1.29, 1.82) is 0 Å². The zero-order valence-electron chi connectivity index (χ0n) is 10.9. The maximum absolute atomic E-state index is 11.3. The van der Waals surface area contributed by atoms with E-state index >= 15 is 0 Å². The van der Waals surface area contributed by atoms with Crippen molar-refractivity contribution in [1.82, 2.24) is 4.90 Å². The van der Waals surface area contributed by atoms with E-state index in [0.717, 1.165) is 52.0 Å². The lowest BCUT2D eigenvalue weighted by Gasteiger charge is -2.38. The van der Waals surface area contributed by atoms with E-state index in [1.54, 1.807) is 14.0 Å². The van der Waals surface area contributed by atoms with Crippen LogP contribution in [-0.2, 0) is 14.3 Å². The van der Waals surface area contributed by atoms with Gasteiger partial charge >= 0.3 is 0 Å². The fourth-order valence-corrected chi connectivity index (χ4v) is 2.99. The molecule has 2 aliphatic rings. The summed E-state index contributed by atoms with van der Waals surface area (Å²) in [4.78, 5) is 13.2. The summed E-state index contributed by atoms with van der Waals surface area (Å²) in [5.74, 6) is 0.826. The van der Waals surface area contributed by atoms with E-state index in [1.807, 2.05) is 4.90 Å². The highest BCUT2D eigenvalue weighted by Crippen LogP contribution is 2.39. The lowest BCUT2D eigenvalue weighted by molar-refractivity contribution is -0.133. The number of rotatable bonds is 3. The molecule has 4 nitrogen and oxygen atoms in total. The van der Waals surface area contributed by atoms with Crippen LogP contribution in [0.5, 0.6) is 0 Å². The third kappa shape index (κ3) is 2.99. The van der Waals surface area contributed by atoms with Gasteiger partial charge in [-0.3, -0.25) is 4.79 Å². The maximum Gasteiger partial charge on any atom is 0.219 e. The number of methoxy groups -OCH3 is 1. The van der Waals surface area contributed by atoms with Crippen LogP contribution >= 0.6 is 0 Å². The average Bonchev–Trinajstić information content (AvgIpc) is 2.70. The van der Waals surface area contributed by atoms with E-state index in [4.69, 9.17) is 9.47 Å². The van der Waals surface area contributed by atoms with Crippen LogP contribution in [0.3, 0.4) is 0 Å². The molecule has 0 aromatic carbocycles. The summed E-state index contributed by atoms with van der Waals surface area (Å²) in [5, 5.41) is 0. The highest BCUT2D eigenvalue weighted by molar-refractivity contribution is 5.73. The van der Waals surface area contributed by atoms with Crippen LogP contribution in [0.2, 0.25) is 0 Å². The third-order valence-corrected chi connectivity index (χ3v) is 4.14. The van der Waals surface area contributed by atoms with Crippen molar-refractivity contribution >= 4 is 5.91 Å². The maximum atomic E-state index is 11.3. The van der Waals surface area contributed by atoms with Crippen LogP contribution in [0.4, 0.5) is 0 Å². The smallest absolute Gasteiger partial charge is 0.219 e. The van der Waals surface area contributed by atoms with Crippen LogP contribution in [-0.4, -0.2) is 49.8 Å². The molecule has 0 saturated carbocycles. The Balaban J connectivity index is 1.81. The van der Waals surface area contributed by atoms with Gasteiger partial charge in [-0.1, -0.05) is 0 Å². The van der Waals surface area contributed by atoms with Crippen LogP contribution in [0.25, 0.3) is 0 Å². The molecule has 1 amide bonds. The summed E-state index contributed by atoms with van der Waals surface area (Å²) in [6, 6.07) is 0. The number of likely N-dealkylation sites (tertiary alicyclic amines) is 1. The van der Waals surface area contributed by atoms with Crippen LogP contribution in [0.1, 0.15) is 32.6 Å². The summed E-state index contributed by atoms with van der Waals surface area (Å²) in [6.45, 7) is 5.04. The van der Waals surface area contributed by atoms with E-state index in [0.29, 0.717) is 5.92 Å². The van der Waals surface area contributed by atoms with Gasteiger partial charge in [0.2, 0.25) is 5.91 Å². The van der Waals surface area contributed by atoms with Gasteiger partial charge in [-0.05, 0) is 31.6 Å². The van der Waals surface area contributed by atoms with Gasteiger partial charge in [-0.15, -0.1) is 0 Å². The lowest BCUT2D eigenvalue weighted by atomic mass is 9.84. The Labute approximate surface area is 103 Å². The molecule has 0 aliphatic carbocycles. The second-order valence-corrected chi connectivity index (χ2v) is 5.35. The van der Waals surface area contributed by atoms with Crippen molar-refractivity contribution in [2.24, 2.45) is 5.92 Å². The summed E-state index contributed by atoms with van der Waals surface area (Å²) in [6.07, 6.45) is 4.23. The molecule has 0 bridgehead atoms. The van der Waals surface area contributed by atoms with Crippen molar-refractivity contribution < 1.29 is 14.3 Å². The summed E-state index contributed by atoms with van der Waals surface area (Å²) >= 11 is 0. The van der Waals surface area contributed by atoms with E-state index in [2.05, 4.69) is 0 Å². The molecule has 2 heterocycles. The molecule has 2 rings (SSSR count). The first kappa shape index (κ1) is 12.8. The molecule has 0 N–H and O–H groups in total. The van der Waals surface area contributed by atoms with Gasteiger partial charge in [0.1, 0.15) is 0 Å². The van der Waals surface area contributed by atoms with Gasteiger partial charge in [0.25, 0.3) is 0 Å². The molecule has 2 aliphatic heterocycles. The largest absolute Gasteiger partial charge is 0.385 e. The number of carbonyl (C=O) groups is 1. The number of hydrogen-bond donors (Lipinski definition) is 0. The summed E-state index contributed by atoms with van der Waals surface area (Å²) < 4.78 is 11.1. The minimum Gasteiger partial charge on any atom is -0.385 e. The molecule has 1 atom stereocenters. The molecule has 17 heavy (non-hydrogen) atoms. The fourth-order valence-electron chi connectivity index (χ4n) is 2.99. The standard InChI is InChI=1S/C13H23NO3/c1-11(15)14-6-4-13(5-7-14)9-12(10-17-13)3-8-16-2/h12H,3-10H2,1-2H3/t12-/m1/s1. The molecule has 2 fully saturated rings. The Bertz CT molecular complexity index is 272. The minimum atomic E-state index is 0.0599. The van der Waals surface area contributed by atoms with Gasteiger partial charge in [0, 0.05) is 33.7 Å². The first-order chi connectivity index (χ1) is 8.15. The molecule has 0 aromatic rings. The Kier molecular flexibility index (Phi) is 4.05. The molecule has 4 heteroatoms. The molecule has 0 radical (unpaired) electrons. The minimum absolute atomic E-state index is 0.0599. The predicted octanol–water partition coefficient (Wildman–Crippen LogP) is 1.44. The fraction of sp³-hybridized carbons (Fsp3) is 0.923. The average molecular weight is 241 g/mol. The highest BCUT2D eigenvalue weighted by atomic mass is 16.5. The number of amides is 1. The normalized spacial score (nSPS) is 27.6. The number of carbonyl (C=O) groups excluding carboxylic acids is 1. The zero-order chi connectivity index (χ0) is 12.3. The molecule has 0 aromatic heterocycles. The molecule has 2 saturated heterocycles. The first-order valence-corrected chi connectivity index (χ1v) is 6.54. The van der Waals surface area contributed by atoms with E-state index in [1.165, 1.54) is 0 Å². The SMILES string of the molecule is COCC[C@H]1COC2(CCN(C(C)=O)CC2)C1. The van der Waals surface area contributed by atoms with Gasteiger partial charge in [-0.25, -0.2) is 0 Å². The van der Waals surface area contributed by atoms with Gasteiger partial charge in [0.15, 0.2) is 0 Å². The summed E-state index contributed by atoms with van der Waals surface area (Å²) in [5.41, 5.74) is 0.0599. The zero-order valence-corrected chi connectivity index (χ0v) is 10.9. The molecular formula is C13H23NO3. The van der Waals surface area contributed by atoms with Crippen LogP contribution < -0.4 is 0 Å². The number of ether oxygens (including phenoxy) is 2. The lowest BCUT2D eigenvalue weighted by Crippen LogP contribution is -2.45. The van der Waals surface area contributed by atoms with E-state index in [-0.39, 0.29) is 11.5 Å². The van der Waals surface area contributed by atoms with Crippen LogP contribution in [0, 0.1) is 5.92 Å². The van der Waals surface area contributed by atoms with Crippen molar-refractivity contribution in [3.63, 3.8) is 0 Å². The Morgan fingerprint density at radius 2 is 2.18 bits per heavy atom. The first-order valence-electron chi connectivity index (χ1n) is 6.54. The second kappa shape index (κ2) is 5.36.